The number of aromatic nitrogens is 2. The molecule has 0 amide bonds. The van der Waals surface area contributed by atoms with Crippen molar-refractivity contribution in [3.63, 3.8) is 0 Å². The molecule has 27 heavy (non-hydrogen) atoms. The highest BCUT2D eigenvalue weighted by Crippen LogP contribution is 2.35. The van der Waals surface area contributed by atoms with Crippen LogP contribution < -0.4 is 5.56 Å². The van der Waals surface area contributed by atoms with Crippen LogP contribution in [0.2, 0.25) is 0 Å². The topological polar surface area (TPSA) is 58.7 Å². The quantitative estimate of drug-likeness (QED) is 0.359. The monoisotopic (exact) mass is 393 g/mol. The Bertz CT molecular complexity index is 1100. The number of hydrogen-bond acceptors (Lipinski definition) is 5. The van der Waals surface area contributed by atoms with E-state index in [-0.39, 0.29) is 5.56 Å². The highest BCUT2D eigenvalue weighted by molar-refractivity contribution is 7.98. The molecule has 4 rings (SSSR count). The molecule has 3 aromatic rings. The molecule has 2 aromatic heterocycles. The number of thiophene rings is 1. The minimum atomic E-state index is 0.0571. The molecule has 2 heterocycles. The predicted octanol–water partition coefficient (Wildman–Crippen LogP) is 4.69. The summed E-state index contributed by atoms with van der Waals surface area (Å²) >= 11 is 3.24. The molecule has 1 aliphatic rings. The van der Waals surface area contributed by atoms with Crippen LogP contribution in [0.5, 0.6) is 0 Å². The molecule has 0 fully saturated rings. The lowest BCUT2D eigenvalue weighted by molar-refractivity contribution is 0.668. The lowest BCUT2D eigenvalue weighted by atomic mass is 9.97. The van der Waals surface area contributed by atoms with E-state index >= 15 is 0 Å². The van der Waals surface area contributed by atoms with Gasteiger partial charge in [-0.1, -0.05) is 30.0 Å². The summed E-state index contributed by atoms with van der Waals surface area (Å²) in [4.78, 5) is 20.3. The van der Waals surface area contributed by atoms with Crippen LogP contribution in [-0.2, 0) is 25.1 Å². The van der Waals surface area contributed by atoms with Gasteiger partial charge in [0.05, 0.1) is 17.0 Å². The number of hydrogen-bond donors (Lipinski definition) is 0. The van der Waals surface area contributed by atoms with Crippen LogP contribution in [0.25, 0.3) is 10.2 Å². The van der Waals surface area contributed by atoms with E-state index in [1.165, 1.54) is 16.9 Å². The molecule has 0 saturated heterocycles. The number of rotatable bonds is 5. The molecule has 1 aromatic carbocycles. The van der Waals surface area contributed by atoms with Crippen molar-refractivity contribution in [2.75, 3.05) is 0 Å². The van der Waals surface area contributed by atoms with Crippen molar-refractivity contribution < 1.29 is 0 Å². The van der Waals surface area contributed by atoms with Crippen LogP contribution >= 0.6 is 23.1 Å². The van der Waals surface area contributed by atoms with E-state index in [4.69, 9.17) is 10.2 Å². The Morgan fingerprint density at radius 2 is 2.07 bits per heavy atom. The highest BCUT2D eigenvalue weighted by Gasteiger charge is 2.21. The number of nitrogens with zero attached hydrogens (tertiary/aromatic N) is 3. The lowest BCUT2D eigenvalue weighted by Gasteiger charge is -2.12. The molecule has 0 bridgehead atoms. The molecular formula is C21H19N3OS2. The van der Waals surface area contributed by atoms with E-state index in [1.54, 1.807) is 33.7 Å². The summed E-state index contributed by atoms with van der Waals surface area (Å²) in [6.07, 6.45) is 6.14. The lowest BCUT2D eigenvalue weighted by Crippen LogP contribution is -2.23. The van der Waals surface area contributed by atoms with Gasteiger partial charge in [0.15, 0.2) is 5.16 Å². The highest BCUT2D eigenvalue weighted by atomic mass is 32.2. The molecule has 1 aliphatic carbocycles. The van der Waals surface area contributed by atoms with E-state index in [9.17, 15) is 4.79 Å². The SMILES string of the molecule is C=CCn1c(SCc2ccc(C#N)cc2)nc2sc3c(c2c1=O)CCCC3. The first-order chi connectivity index (χ1) is 13.2. The molecule has 0 unspecified atom stereocenters. The van der Waals surface area contributed by atoms with Crippen LogP contribution in [0.15, 0.2) is 46.9 Å². The Labute approximate surface area is 166 Å². The normalized spacial score (nSPS) is 13.3. The van der Waals surface area contributed by atoms with Crippen molar-refractivity contribution in [2.45, 2.75) is 43.1 Å². The fourth-order valence-corrected chi connectivity index (χ4v) is 5.71. The van der Waals surface area contributed by atoms with Gasteiger partial charge in [-0.2, -0.15) is 5.26 Å². The number of aryl methyl sites for hydroxylation is 2. The summed E-state index contributed by atoms with van der Waals surface area (Å²) in [6.45, 7) is 4.27. The van der Waals surface area contributed by atoms with Crippen LogP contribution in [0.3, 0.4) is 0 Å². The van der Waals surface area contributed by atoms with Crippen molar-refractivity contribution in [2.24, 2.45) is 0 Å². The molecule has 0 aliphatic heterocycles. The third kappa shape index (κ3) is 3.45. The standard InChI is InChI=1S/C21H19N3OS2/c1-2-11-24-20(25)18-16-5-3-4-6-17(16)27-19(18)23-21(24)26-13-15-9-7-14(12-22)8-10-15/h2,7-10H,1,3-6,11,13H2. The molecule has 6 heteroatoms. The van der Waals surface area contributed by atoms with Gasteiger partial charge in [-0.15, -0.1) is 17.9 Å². The van der Waals surface area contributed by atoms with E-state index in [0.29, 0.717) is 17.9 Å². The second-order valence-electron chi connectivity index (χ2n) is 6.59. The van der Waals surface area contributed by atoms with E-state index in [0.717, 1.165) is 40.2 Å². The third-order valence-corrected chi connectivity index (χ3v) is 7.04. The summed E-state index contributed by atoms with van der Waals surface area (Å²) in [5, 5.41) is 10.5. The van der Waals surface area contributed by atoms with Crippen LogP contribution in [0.1, 0.15) is 34.4 Å². The largest absolute Gasteiger partial charge is 0.283 e. The van der Waals surface area contributed by atoms with E-state index in [1.807, 2.05) is 24.3 Å². The Kier molecular flexibility index (Phi) is 5.15. The number of thioether (sulfide) groups is 1. The van der Waals surface area contributed by atoms with E-state index in [2.05, 4.69) is 12.6 Å². The predicted molar refractivity (Wildman–Crippen MR) is 111 cm³/mol. The van der Waals surface area contributed by atoms with Crippen molar-refractivity contribution in [1.29, 1.82) is 5.26 Å². The first kappa shape index (κ1) is 18.0. The van der Waals surface area contributed by atoms with Crippen LogP contribution in [-0.4, -0.2) is 9.55 Å². The van der Waals surface area contributed by atoms with Gasteiger partial charge in [-0.05, 0) is 48.9 Å². The Balaban J connectivity index is 1.72. The maximum Gasteiger partial charge on any atom is 0.263 e. The molecular weight excluding hydrogens is 374 g/mol. The average Bonchev–Trinajstić information content (AvgIpc) is 3.07. The molecule has 136 valence electrons. The van der Waals surface area contributed by atoms with Gasteiger partial charge in [0, 0.05) is 17.2 Å². The molecule has 4 nitrogen and oxygen atoms in total. The summed E-state index contributed by atoms with van der Waals surface area (Å²) in [5.74, 6) is 0.700. The maximum absolute atomic E-state index is 13.2. The molecule has 0 N–H and O–H groups in total. The maximum atomic E-state index is 13.2. The smallest absolute Gasteiger partial charge is 0.263 e. The summed E-state index contributed by atoms with van der Waals surface area (Å²) < 4.78 is 1.74. The third-order valence-electron chi connectivity index (χ3n) is 4.80. The zero-order chi connectivity index (χ0) is 18.8. The number of fused-ring (bicyclic) bond motifs is 3. The van der Waals surface area contributed by atoms with Crippen LogP contribution in [0, 0.1) is 11.3 Å². The molecule has 0 saturated carbocycles. The first-order valence-electron chi connectivity index (χ1n) is 8.99. The van der Waals surface area contributed by atoms with Crippen molar-refractivity contribution in [3.05, 3.63) is 68.8 Å². The van der Waals surface area contributed by atoms with Crippen molar-refractivity contribution in [3.8, 4) is 6.07 Å². The van der Waals surface area contributed by atoms with Gasteiger partial charge in [0.1, 0.15) is 4.83 Å². The van der Waals surface area contributed by atoms with Crippen molar-refractivity contribution >= 4 is 33.3 Å². The second-order valence-corrected chi connectivity index (χ2v) is 8.61. The minimum absolute atomic E-state index is 0.0571. The second kappa shape index (κ2) is 7.71. The van der Waals surface area contributed by atoms with Gasteiger partial charge in [0.25, 0.3) is 5.56 Å². The molecule has 0 atom stereocenters. The number of allylic oxidation sites excluding steroid dienone is 1. The summed E-state index contributed by atoms with van der Waals surface area (Å²) in [6, 6.07) is 9.66. The Morgan fingerprint density at radius 1 is 1.30 bits per heavy atom. The van der Waals surface area contributed by atoms with Gasteiger partial charge in [-0.3, -0.25) is 9.36 Å². The fourth-order valence-electron chi connectivity index (χ4n) is 3.44. The van der Waals surface area contributed by atoms with Gasteiger partial charge in [0.2, 0.25) is 0 Å². The average molecular weight is 394 g/mol. The Morgan fingerprint density at radius 3 is 2.81 bits per heavy atom. The zero-order valence-corrected chi connectivity index (χ0v) is 16.5. The number of benzene rings is 1. The summed E-state index contributed by atoms with van der Waals surface area (Å²) in [7, 11) is 0. The van der Waals surface area contributed by atoms with Crippen LogP contribution in [0.4, 0.5) is 0 Å². The van der Waals surface area contributed by atoms with E-state index < -0.39 is 0 Å². The van der Waals surface area contributed by atoms with Gasteiger partial charge >= 0.3 is 0 Å². The Hall–Kier alpha value is -2.36. The minimum Gasteiger partial charge on any atom is -0.283 e. The first-order valence-corrected chi connectivity index (χ1v) is 10.8. The molecule has 0 radical (unpaired) electrons. The fraction of sp³-hybridized carbons (Fsp3) is 0.286. The number of nitriles is 1. The van der Waals surface area contributed by atoms with Gasteiger partial charge in [-0.25, -0.2) is 4.98 Å². The summed E-state index contributed by atoms with van der Waals surface area (Å²) in [5.41, 5.74) is 3.03. The zero-order valence-electron chi connectivity index (χ0n) is 14.9. The molecule has 0 spiro atoms. The van der Waals surface area contributed by atoms with Gasteiger partial charge < -0.3 is 0 Å². The van der Waals surface area contributed by atoms with Crippen molar-refractivity contribution in [1.82, 2.24) is 9.55 Å².